The van der Waals surface area contributed by atoms with E-state index in [0.717, 1.165) is 12.8 Å². The predicted octanol–water partition coefficient (Wildman–Crippen LogP) is 8.28. The van der Waals surface area contributed by atoms with Gasteiger partial charge in [-0.1, -0.05) is 115 Å². The molecule has 1 rings (SSSR count). The average molecular weight is 447 g/mol. The van der Waals surface area contributed by atoms with Crippen molar-refractivity contribution in [3.63, 3.8) is 0 Å². The highest BCUT2D eigenvalue weighted by atomic mass is 16.5. The second-order valence-corrected chi connectivity index (χ2v) is 8.71. The van der Waals surface area contributed by atoms with Gasteiger partial charge in [0.05, 0.1) is 24.3 Å². The van der Waals surface area contributed by atoms with Crippen molar-refractivity contribution in [2.75, 3.05) is 13.2 Å². The van der Waals surface area contributed by atoms with E-state index in [2.05, 4.69) is 6.92 Å². The van der Waals surface area contributed by atoms with Crippen molar-refractivity contribution < 1.29 is 19.1 Å². The summed E-state index contributed by atoms with van der Waals surface area (Å²) in [6, 6.07) is 6.66. The summed E-state index contributed by atoms with van der Waals surface area (Å²) in [7, 11) is 0. The molecule has 0 aliphatic carbocycles. The van der Waals surface area contributed by atoms with Gasteiger partial charge in [0, 0.05) is 0 Å². The summed E-state index contributed by atoms with van der Waals surface area (Å²) in [5, 5.41) is 0. The van der Waals surface area contributed by atoms with Crippen LogP contribution in [0.1, 0.15) is 137 Å². The Morgan fingerprint density at radius 2 is 0.938 bits per heavy atom. The summed E-state index contributed by atoms with van der Waals surface area (Å²) >= 11 is 0. The molecule has 4 heteroatoms. The van der Waals surface area contributed by atoms with Crippen LogP contribution in [0, 0.1) is 0 Å². The second kappa shape index (κ2) is 19.8. The van der Waals surface area contributed by atoms with E-state index in [1.807, 2.05) is 0 Å². The Morgan fingerprint density at radius 3 is 1.34 bits per heavy atom. The first-order valence-corrected chi connectivity index (χ1v) is 13.1. The molecule has 0 saturated heterocycles. The van der Waals surface area contributed by atoms with Gasteiger partial charge in [-0.2, -0.15) is 0 Å². The third-order valence-corrected chi connectivity index (χ3v) is 5.87. The lowest BCUT2D eigenvalue weighted by atomic mass is 10.0. The van der Waals surface area contributed by atoms with Gasteiger partial charge >= 0.3 is 11.9 Å². The van der Waals surface area contributed by atoms with Gasteiger partial charge in [0.25, 0.3) is 0 Å². The van der Waals surface area contributed by atoms with Gasteiger partial charge in [0.1, 0.15) is 0 Å². The van der Waals surface area contributed by atoms with Gasteiger partial charge < -0.3 is 9.47 Å². The van der Waals surface area contributed by atoms with Crippen molar-refractivity contribution >= 4 is 11.9 Å². The van der Waals surface area contributed by atoms with Crippen LogP contribution in [-0.4, -0.2) is 25.2 Å². The molecule has 1 aromatic carbocycles. The number of benzene rings is 1. The van der Waals surface area contributed by atoms with E-state index >= 15 is 0 Å². The molecule has 182 valence electrons. The number of rotatable bonds is 20. The molecule has 0 saturated carbocycles. The topological polar surface area (TPSA) is 52.6 Å². The molecular weight excluding hydrogens is 400 g/mol. The minimum atomic E-state index is -0.484. The highest BCUT2D eigenvalue weighted by Gasteiger charge is 2.18. The van der Waals surface area contributed by atoms with Crippen LogP contribution in [0.15, 0.2) is 24.3 Å². The third kappa shape index (κ3) is 13.5. The Kier molecular flexibility index (Phi) is 17.5. The maximum Gasteiger partial charge on any atom is 0.339 e. The van der Waals surface area contributed by atoms with E-state index in [1.54, 1.807) is 31.2 Å². The van der Waals surface area contributed by atoms with E-state index in [1.165, 1.54) is 89.9 Å². The van der Waals surface area contributed by atoms with Crippen LogP contribution in [0.25, 0.3) is 0 Å². The number of carbonyl (C=O) groups excluding carboxylic acids is 2. The van der Waals surface area contributed by atoms with Crippen LogP contribution >= 0.6 is 0 Å². The first kappa shape index (κ1) is 28.2. The number of hydrogen-bond donors (Lipinski definition) is 0. The van der Waals surface area contributed by atoms with E-state index in [9.17, 15) is 9.59 Å². The van der Waals surface area contributed by atoms with Crippen molar-refractivity contribution in [3.8, 4) is 0 Å². The smallest absolute Gasteiger partial charge is 0.339 e. The lowest BCUT2D eigenvalue weighted by Crippen LogP contribution is -2.14. The fourth-order valence-corrected chi connectivity index (χ4v) is 3.94. The zero-order valence-corrected chi connectivity index (χ0v) is 20.7. The van der Waals surface area contributed by atoms with Crippen LogP contribution < -0.4 is 0 Å². The molecule has 0 amide bonds. The first-order chi connectivity index (χ1) is 15.7. The van der Waals surface area contributed by atoms with Gasteiger partial charge in [-0.05, 0) is 25.5 Å². The average Bonchev–Trinajstić information content (AvgIpc) is 2.81. The zero-order chi connectivity index (χ0) is 23.3. The Labute approximate surface area is 196 Å². The number of ether oxygens (including phenoxy) is 2. The van der Waals surface area contributed by atoms with Crippen LogP contribution in [0.5, 0.6) is 0 Å². The Morgan fingerprint density at radius 1 is 0.562 bits per heavy atom. The van der Waals surface area contributed by atoms with Gasteiger partial charge in [0.15, 0.2) is 0 Å². The van der Waals surface area contributed by atoms with Crippen LogP contribution in [0.3, 0.4) is 0 Å². The molecule has 0 unspecified atom stereocenters. The highest BCUT2D eigenvalue weighted by molar-refractivity contribution is 6.03. The lowest BCUT2D eigenvalue weighted by Gasteiger charge is -2.09. The van der Waals surface area contributed by atoms with E-state index in [4.69, 9.17) is 9.47 Å². The highest BCUT2D eigenvalue weighted by Crippen LogP contribution is 2.15. The second-order valence-electron chi connectivity index (χ2n) is 8.71. The van der Waals surface area contributed by atoms with E-state index in [0.29, 0.717) is 6.61 Å². The fraction of sp³-hybridized carbons (Fsp3) is 0.714. The molecule has 0 heterocycles. The molecule has 0 radical (unpaired) electrons. The predicted molar refractivity (Wildman–Crippen MR) is 132 cm³/mol. The Bertz CT molecular complexity index is 611. The standard InChI is InChI=1S/C28H46O4/c1-3-5-6-7-8-9-10-11-12-13-14-15-16-17-18-21-24-32-28(30)26-23-20-19-22-25(26)27(29)31-4-2/h19-20,22-23H,3-18,21,24H2,1-2H3. The monoisotopic (exact) mass is 446 g/mol. The molecule has 0 bridgehead atoms. The SMILES string of the molecule is CCCCCCCCCCCCCCCCCCOC(=O)c1ccccc1C(=O)OCC. The maximum absolute atomic E-state index is 12.3. The van der Waals surface area contributed by atoms with Crippen molar-refractivity contribution in [1.29, 1.82) is 0 Å². The Balaban J connectivity index is 1.96. The van der Waals surface area contributed by atoms with Gasteiger partial charge in [-0.15, -0.1) is 0 Å². The first-order valence-electron chi connectivity index (χ1n) is 13.1. The normalized spacial score (nSPS) is 10.8. The molecular formula is C28H46O4. The summed E-state index contributed by atoms with van der Waals surface area (Å²) in [6.07, 6.45) is 21.0. The quantitative estimate of drug-likeness (QED) is 0.149. The maximum atomic E-state index is 12.3. The molecule has 1 aromatic rings. The fourth-order valence-electron chi connectivity index (χ4n) is 3.94. The van der Waals surface area contributed by atoms with Gasteiger partial charge in [0.2, 0.25) is 0 Å². The number of hydrogen-bond acceptors (Lipinski definition) is 4. The van der Waals surface area contributed by atoms with Crippen molar-refractivity contribution in [2.45, 2.75) is 117 Å². The molecule has 0 N–H and O–H groups in total. The minimum absolute atomic E-state index is 0.270. The number of esters is 2. The van der Waals surface area contributed by atoms with Crippen LogP contribution in [0.4, 0.5) is 0 Å². The largest absolute Gasteiger partial charge is 0.462 e. The Hall–Kier alpha value is -1.84. The van der Waals surface area contributed by atoms with Crippen molar-refractivity contribution in [2.24, 2.45) is 0 Å². The summed E-state index contributed by atoms with van der Waals surface area (Å²) in [5.74, 6) is -0.933. The molecule has 0 fully saturated rings. The van der Waals surface area contributed by atoms with Crippen LogP contribution in [-0.2, 0) is 9.47 Å². The molecule has 32 heavy (non-hydrogen) atoms. The van der Waals surface area contributed by atoms with Gasteiger partial charge in [-0.25, -0.2) is 9.59 Å². The molecule has 0 atom stereocenters. The van der Waals surface area contributed by atoms with E-state index < -0.39 is 11.9 Å². The van der Waals surface area contributed by atoms with Crippen molar-refractivity contribution in [1.82, 2.24) is 0 Å². The summed E-state index contributed by atoms with van der Waals surface area (Å²) < 4.78 is 10.4. The molecule has 0 spiro atoms. The summed E-state index contributed by atoms with van der Waals surface area (Å²) in [4.78, 5) is 24.3. The lowest BCUT2D eigenvalue weighted by molar-refractivity contribution is 0.0462. The number of carbonyl (C=O) groups is 2. The van der Waals surface area contributed by atoms with Crippen molar-refractivity contribution in [3.05, 3.63) is 35.4 Å². The van der Waals surface area contributed by atoms with Crippen LogP contribution in [0.2, 0.25) is 0 Å². The number of unbranched alkanes of at least 4 members (excludes halogenated alkanes) is 15. The molecule has 0 aliphatic heterocycles. The van der Waals surface area contributed by atoms with Gasteiger partial charge in [-0.3, -0.25) is 0 Å². The minimum Gasteiger partial charge on any atom is -0.462 e. The zero-order valence-electron chi connectivity index (χ0n) is 20.7. The van der Waals surface area contributed by atoms with E-state index in [-0.39, 0.29) is 17.7 Å². The molecule has 0 aliphatic rings. The molecule has 0 aromatic heterocycles. The third-order valence-electron chi connectivity index (χ3n) is 5.87. The summed E-state index contributed by atoms with van der Waals surface area (Å²) in [5.41, 5.74) is 0.550. The molecule has 4 nitrogen and oxygen atoms in total. The summed E-state index contributed by atoms with van der Waals surface area (Å²) in [6.45, 7) is 4.69.